The van der Waals surface area contributed by atoms with Crippen LogP contribution in [0.3, 0.4) is 0 Å². The summed E-state index contributed by atoms with van der Waals surface area (Å²) in [6.45, 7) is 5.34. The highest BCUT2D eigenvalue weighted by Gasteiger charge is 2.16. The predicted molar refractivity (Wildman–Crippen MR) is 121 cm³/mol. The van der Waals surface area contributed by atoms with Crippen LogP contribution >= 0.6 is 0 Å². The van der Waals surface area contributed by atoms with Crippen LogP contribution in [0.25, 0.3) is 0 Å². The minimum absolute atomic E-state index is 0.227. The molecule has 1 aliphatic heterocycles. The fourth-order valence-electron chi connectivity index (χ4n) is 3.16. The maximum Gasteiger partial charge on any atom is 0.261 e. The number of hydrogen-bond acceptors (Lipinski definition) is 6. The van der Waals surface area contributed by atoms with Gasteiger partial charge in [-0.25, -0.2) is 8.42 Å². The van der Waals surface area contributed by atoms with Gasteiger partial charge >= 0.3 is 0 Å². The number of amides is 1. The van der Waals surface area contributed by atoms with E-state index in [2.05, 4.69) is 22.3 Å². The number of nitrogens with one attached hydrogen (secondary N) is 1. The van der Waals surface area contributed by atoms with Crippen LogP contribution in [0.2, 0.25) is 0 Å². The topological polar surface area (TPSA) is 88.2 Å². The minimum atomic E-state index is -3.33. The number of carbonyl (C=O) groups excluding carboxylic acids is 1. The van der Waals surface area contributed by atoms with Crippen molar-refractivity contribution in [1.82, 2.24) is 5.32 Å². The predicted octanol–water partition coefficient (Wildman–Crippen LogP) is 2.00. The molecule has 2 aromatic rings. The van der Waals surface area contributed by atoms with Crippen molar-refractivity contribution in [3.05, 3.63) is 54.1 Å². The molecule has 1 amide bonds. The summed E-state index contributed by atoms with van der Waals surface area (Å²) < 4.78 is 35.5. The molecule has 0 spiro atoms. The smallest absolute Gasteiger partial charge is 0.261 e. The Bertz CT molecular complexity index is 971. The van der Waals surface area contributed by atoms with Crippen molar-refractivity contribution < 1.29 is 22.7 Å². The second-order valence-electron chi connectivity index (χ2n) is 7.47. The lowest BCUT2D eigenvalue weighted by Crippen LogP contribution is -2.36. The molecule has 1 unspecified atom stereocenters. The zero-order valence-corrected chi connectivity index (χ0v) is 18.9. The molecule has 1 aliphatic rings. The molecule has 2 aromatic carbocycles. The highest BCUT2D eigenvalue weighted by atomic mass is 32.2. The zero-order chi connectivity index (χ0) is 22.4. The molecule has 0 saturated carbocycles. The molecule has 0 aliphatic carbocycles. The Morgan fingerprint density at radius 3 is 2.32 bits per heavy atom. The average molecular weight is 448 g/mol. The van der Waals surface area contributed by atoms with Crippen LogP contribution in [0.15, 0.2) is 48.5 Å². The van der Waals surface area contributed by atoms with Crippen molar-refractivity contribution in [2.24, 2.45) is 0 Å². The molecule has 31 heavy (non-hydrogen) atoms. The molecule has 1 N–H and O–H groups in total. The van der Waals surface area contributed by atoms with Gasteiger partial charge in [0.2, 0.25) is 10.0 Å². The summed E-state index contributed by atoms with van der Waals surface area (Å²) in [5, 5.41) is 2.88. The Morgan fingerprint density at radius 2 is 1.74 bits per heavy atom. The van der Waals surface area contributed by atoms with Gasteiger partial charge in [0, 0.05) is 32.4 Å². The Kier molecular flexibility index (Phi) is 7.40. The van der Waals surface area contributed by atoms with Crippen LogP contribution in [-0.4, -0.2) is 60.0 Å². The highest BCUT2D eigenvalue weighted by Crippen LogP contribution is 2.21. The van der Waals surface area contributed by atoms with E-state index in [1.54, 1.807) is 31.2 Å². The zero-order valence-electron chi connectivity index (χ0n) is 18.1. The molecule has 1 saturated heterocycles. The highest BCUT2D eigenvalue weighted by molar-refractivity contribution is 7.92. The van der Waals surface area contributed by atoms with E-state index < -0.39 is 16.1 Å². The maximum absolute atomic E-state index is 12.4. The Labute approximate surface area is 183 Å². The Morgan fingerprint density at radius 1 is 1.13 bits per heavy atom. The Hall–Kier alpha value is -2.78. The standard InChI is InChI=1S/C22H29N3O5S/c1-17(30-21-10-8-19(9-11-21)24(2)31(3,27)28)22(26)23-16-18-4-6-20(7-5-18)25-12-14-29-15-13-25/h4-11,17H,12-16H2,1-3H3,(H,23,26). The van der Waals surface area contributed by atoms with Gasteiger partial charge in [-0.05, 0) is 48.9 Å². The van der Waals surface area contributed by atoms with Crippen LogP contribution < -0.4 is 19.3 Å². The van der Waals surface area contributed by atoms with Crippen LogP contribution in [0.1, 0.15) is 12.5 Å². The van der Waals surface area contributed by atoms with E-state index in [9.17, 15) is 13.2 Å². The third-order valence-electron chi connectivity index (χ3n) is 5.16. The number of ether oxygens (including phenoxy) is 2. The van der Waals surface area contributed by atoms with Crippen molar-refractivity contribution in [3.63, 3.8) is 0 Å². The number of nitrogens with zero attached hydrogens (tertiary/aromatic N) is 2. The summed E-state index contributed by atoms with van der Waals surface area (Å²) >= 11 is 0. The van der Waals surface area contributed by atoms with Gasteiger partial charge < -0.3 is 19.7 Å². The molecule has 1 atom stereocenters. The maximum atomic E-state index is 12.4. The second-order valence-corrected chi connectivity index (χ2v) is 9.48. The van der Waals surface area contributed by atoms with Crippen molar-refractivity contribution in [3.8, 4) is 5.75 Å². The quantitative estimate of drug-likeness (QED) is 0.666. The number of benzene rings is 2. The first-order chi connectivity index (χ1) is 14.7. The second kappa shape index (κ2) is 10.0. The molecule has 1 fully saturated rings. The normalized spacial score (nSPS) is 15.3. The van der Waals surface area contributed by atoms with Crippen molar-refractivity contribution in [2.75, 3.05) is 48.8 Å². The molecule has 0 bridgehead atoms. The average Bonchev–Trinajstić information content (AvgIpc) is 2.77. The molecule has 8 nitrogen and oxygen atoms in total. The van der Waals surface area contributed by atoms with Gasteiger partial charge in [-0.2, -0.15) is 0 Å². The monoisotopic (exact) mass is 447 g/mol. The van der Waals surface area contributed by atoms with Gasteiger partial charge in [0.15, 0.2) is 6.10 Å². The summed E-state index contributed by atoms with van der Waals surface area (Å²) in [6.07, 6.45) is 0.450. The van der Waals surface area contributed by atoms with E-state index in [1.165, 1.54) is 11.4 Å². The first-order valence-corrected chi connectivity index (χ1v) is 12.0. The van der Waals surface area contributed by atoms with E-state index in [0.29, 0.717) is 18.0 Å². The first kappa shape index (κ1) is 22.9. The van der Waals surface area contributed by atoms with Gasteiger partial charge in [-0.15, -0.1) is 0 Å². The lowest BCUT2D eigenvalue weighted by molar-refractivity contribution is -0.127. The van der Waals surface area contributed by atoms with Crippen LogP contribution in [0.4, 0.5) is 11.4 Å². The van der Waals surface area contributed by atoms with Gasteiger partial charge in [-0.3, -0.25) is 9.10 Å². The third kappa shape index (κ3) is 6.35. The van der Waals surface area contributed by atoms with E-state index in [4.69, 9.17) is 9.47 Å². The van der Waals surface area contributed by atoms with Gasteiger partial charge in [0.1, 0.15) is 5.75 Å². The number of carbonyl (C=O) groups is 1. The summed E-state index contributed by atoms with van der Waals surface area (Å²) in [5.74, 6) is 0.262. The SMILES string of the molecule is CC(Oc1ccc(N(C)S(C)(=O)=O)cc1)C(=O)NCc1ccc(N2CCOCC2)cc1. The fraction of sp³-hybridized carbons (Fsp3) is 0.409. The van der Waals surface area contributed by atoms with Gasteiger partial charge in [0.25, 0.3) is 5.91 Å². The van der Waals surface area contributed by atoms with Gasteiger partial charge in [0.05, 0.1) is 25.2 Å². The molecule has 168 valence electrons. The number of anilines is 2. The Balaban J connectivity index is 1.49. The number of hydrogen-bond donors (Lipinski definition) is 1. The lowest BCUT2D eigenvalue weighted by Gasteiger charge is -2.28. The van der Waals surface area contributed by atoms with E-state index in [-0.39, 0.29) is 5.91 Å². The number of sulfonamides is 1. The molecule has 9 heteroatoms. The molecule has 1 heterocycles. The minimum Gasteiger partial charge on any atom is -0.481 e. The molecule has 0 aromatic heterocycles. The van der Waals surface area contributed by atoms with E-state index in [1.807, 2.05) is 12.1 Å². The van der Waals surface area contributed by atoms with E-state index in [0.717, 1.165) is 43.8 Å². The third-order valence-corrected chi connectivity index (χ3v) is 6.36. The van der Waals surface area contributed by atoms with Crippen LogP contribution in [0, 0.1) is 0 Å². The van der Waals surface area contributed by atoms with Crippen molar-refractivity contribution >= 4 is 27.3 Å². The summed E-state index contributed by atoms with van der Waals surface area (Å²) in [5.41, 5.74) is 2.68. The van der Waals surface area contributed by atoms with Crippen molar-refractivity contribution in [1.29, 1.82) is 0 Å². The first-order valence-electron chi connectivity index (χ1n) is 10.1. The molecular formula is C22H29N3O5S. The molecule has 0 radical (unpaired) electrons. The van der Waals surface area contributed by atoms with Crippen LogP contribution in [-0.2, 0) is 26.1 Å². The van der Waals surface area contributed by atoms with Crippen molar-refractivity contribution in [2.45, 2.75) is 19.6 Å². The van der Waals surface area contributed by atoms with Crippen LogP contribution in [0.5, 0.6) is 5.75 Å². The summed E-state index contributed by atoms with van der Waals surface area (Å²) in [7, 11) is -1.85. The molecule has 3 rings (SSSR count). The fourth-order valence-corrected chi connectivity index (χ4v) is 3.67. The molecular weight excluding hydrogens is 418 g/mol. The van der Waals surface area contributed by atoms with Gasteiger partial charge in [-0.1, -0.05) is 12.1 Å². The summed E-state index contributed by atoms with van der Waals surface area (Å²) in [6, 6.07) is 14.7. The van der Waals surface area contributed by atoms with E-state index >= 15 is 0 Å². The number of rotatable bonds is 8. The number of morpholine rings is 1. The lowest BCUT2D eigenvalue weighted by atomic mass is 10.2. The summed E-state index contributed by atoms with van der Waals surface area (Å²) in [4.78, 5) is 14.7. The largest absolute Gasteiger partial charge is 0.481 e.